The van der Waals surface area contributed by atoms with Crippen LogP contribution in [0.15, 0.2) is 24.0 Å². The summed E-state index contributed by atoms with van der Waals surface area (Å²) in [5.74, 6) is 0.665. The van der Waals surface area contributed by atoms with Crippen LogP contribution in [0, 0.1) is 0 Å². The molecule has 14 heteroatoms. The molecule has 0 bridgehead atoms. The SMILES string of the molecule is C/C=N\c1ncnc(Cl)c1NCNCCC1OC(n2cnc3c(N)ncnc32)C(O)C1O. The van der Waals surface area contributed by atoms with Crippen LogP contribution in [0.1, 0.15) is 19.6 Å². The van der Waals surface area contributed by atoms with Crippen LogP contribution < -0.4 is 16.4 Å². The van der Waals surface area contributed by atoms with Gasteiger partial charge in [-0.05, 0) is 19.9 Å². The topological polar surface area (TPSA) is 182 Å². The third-order valence-electron chi connectivity index (χ3n) is 5.03. The highest BCUT2D eigenvalue weighted by molar-refractivity contribution is 6.32. The van der Waals surface area contributed by atoms with Gasteiger partial charge in [-0.25, -0.2) is 29.9 Å². The van der Waals surface area contributed by atoms with Crippen molar-refractivity contribution < 1.29 is 14.9 Å². The number of nitrogens with two attached hydrogens (primary N) is 1. The number of anilines is 2. The van der Waals surface area contributed by atoms with Gasteiger partial charge in [-0.3, -0.25) is 9.88 Å². The number of aliphatic hydroxyl groups excluding tert-OH is 2. The second-order valence-corrected chi connectivity index (χ2v) is 7.38. The number of nitrogen functional groups attached to an aromatic ring is 1. The van der Waals surface area contributed by atoms with Crippen LogP contribution in [0.4, 0.5) is 17.3 Å². The van der Waals surface area contributed by atoms with Crippen molar-refractivity contribution in [3.63, 3.8) is 0 Å². The molecule has 0 saturated carbocycles. The van der Waals surface area contributed by atoms with Gasteiger partial charge in [0.15, 0.2) is 28.7 Å². The zero-order valence-electron chi connectivity index (χ0n) is 17.1. The fraction of sp³-hybridized carbons (Fsp3) is 0.444. The molecule has 1 aliphatic heterocycles. The maximum Gasteiger partial charge on any atom is 0.179 e. The zero-order chi connectivity index (χ0) is 22.7. The minimum Gasteiger partial charge on any atom is -0.388 e. The second-order valence-electron chi connectivity index (χ2n) is 7.02. The molecule has 4 rings (SSSR count). The summed E-state index contributed by atoms with van der Waals surface area (Å²) in [6.45, 7) is 2.63. The number of nitrogens with zero attached hydrogens (tertiary/aromatic N) is 7. The second kappa shape index (κ2) is 9.67. The summed E-state index contributed by atoms with van der Waals surface area (Å²) in [6, 6.07) is 0. The lowest BCUT2D eigenvalue weighted by atomic mass is 10.1. The van der Waals surface area contributed by atoms with E-state index in [0.29, 0.717) is 42.3 Å². The van der Waals surface area contributed by atoms with E-state index in [1.807, 2.05) is 0 Å². The predicted molar refractivity (Wildman–Crippen MR) is 118 cm³/mol. The van der Waals surface area contributed by atoms with Gasteiger partial charge in [-0.15, -0.1) is 0 Å². The largest absolute Gasteiger partial charge is 0.388 e. The van der Waals surface area contributed by atoms with Gasteiger partial charge in [0.2, 0.25) is 0 Å². The molecule has 32 heavy (non-hydrogen) atoms. The lowest BCUT2D eigenvalue weighted by Crippen LogP contribution is -2.34. The highest BCUT2D eigenvalue weighted by Crippen LogP contribution is 2.33. The van der Waals surface area contributed by atoms with Gasteiger partial charge in [-0.1, -0.05) is 11.6 Å². The minimum atomic E-state index is -1.15. The molecule has 3 aromatic heterocycles. The van der Waals surface area contributed by atoms with E-state index in [4.69, 9.17) is 22.1 Å². The molecule has 0 aliphatic carbocycles. The first-order valence-corrected chi connectivity index (χ1v) is 10.3. The minimum absolute atomic E-state index is 0.228. The number of nitrogens with one attached hydrogen (secondary N) is 2. The van der Waals surface area contributed by atoms with E-state index >= 15 is 0 Å². The summed E-state index contributed by atoms with van der Waals surface area (Å²) in [4.78, 5) is 24.4. The van der Waals surface area contributed by atoms with Crippen LogP contribution in [0.3, 0.4) is 0 Å². The van der Waals surface area contributed by atoms with E-state index in [1.165, 1.54) is 19.0 Å². The van der Waals surface area contributed by atoms with Crippen molar-refractivity contribution in [3.8, 4) is 0 Å². The number of halogens is 1. The van der Waals surface area contributed by atoms with Crippen molar-refractivity contribution in [2.75, 3.05) is 24.3 Å². The maximum absolute atomic E-state index is 10.5. The van der Waals surface area contributed by atoms with Gasteiger partial charge in [-0.2, -0.15) is 0 Å². The van der Waals surface area contributed by atoms with Crippen molar-refractivity contribution in [1.29, 1.82) is 0 Å². The first-order chi connectivity index (χ1) is 15.5. The van der Waals surface area contributed by atoms with Crippen LogP contribution in [0.5, 0.6) is 0 Å². The van der Waals surface area contributed by atoms with Gasteiger partial charge in [0.1, 0.15) is 36.1 Å². The molecule has 1 fully saturated rings. The fourth-order valence-electron chi connectivity index (χ4n) is 3.47. The van der Waals surface area contributed by atoms with Crippen LogP contribution in [-0.2, 0) is 4.74 Å². The fourth-order valence-corrected chi connectivity index (χ4v) is 3.66. The molecule has 4 unspecified atom stereocenters. The molecule has 0 aromatic carbocycles. The van der Waals surface area contributed by atoms with Crippen molar-refractivity contribution in [2.45, 2.75) is 37.9 Å². The highest BCUT2D eigenvalue weighted by Gasteiger charge is 2.43. The molecular formula is C18H23ClN10O3. The predicted octanol–water partition coefficient (Wildman–Crippen LogP) is 0.243. The Labute approximate surface area is 187 Å². The highest BCUT2D eigenvalue weighted by atomic mass is 35.5. The Morgan fingerprint density at radius 1 is 1.22 bits per heavy atom. The van der Waals surface area contributed by atoms with Crippen LogP contribution in [-0.4, -0.2) is 77.4 Å². The van der Waals surface area contributed by atoms with E-state index in [0.717, 1.165) is 0 Å². The zero-order valence-corrected chi connectivity index (χ0v) is 17.9. The van der Waals surface area contributed by atoms with Crippen molar-refractivity contribution in [2.24, 2.45) is 4.99 Å². The molecule has 1 saturated heterocycles. The number of ether oxygens (including phenoxy) is 1. The summed E-state index contributed by atoms with van der Waals surface area (Å²) < 4.78 is 7.46. The smallest absolute Gasteiger partial charge is 0.179 e. The molecule has 3 aromatic rings. The van der Waals surface area contributed by atoms with Crippen molar-refractivity contribution in [3.05, 3.63) is 24.1 Å². The third-order valence-corrected chi connectivity index (χ3v) is 5.31. The van der Waals surface area contributed by atoms with E-state index in [2.05, 4.69) is 40.5 Å². The quantitative estimate of drug-likeness (QED) is 0.134. The number of fused-ring (bicyclic) bond motifs is 1. The molecule has 170 valence electrons. The van der Waals surface area contributed by atoms with E-state index in [1.54, 1.807) is 17.7 Å². The van der Waals surface area contributed by atoms with Crippen LogP contribution in [0.2, 0.25) is 5.15 Å². The van der Waals surface area contributed by atoms with Crippen molar-refractivity contribution in [1.82, 2.24) is 34.8 Å². The molecule has 0 radical (unpaired) electrons. The molecule has 13 nitrogen and oxygen atoms in total. The summed E-state index contributed by atoms with van der Waals surface area (Å²) in [5.41, 5.74) is 7.15. The van der Waals surface area contributed by atoms with Gasteiger partial charge >= 0.3 is 0 Å². The monoisotopic (exact) mass is 462 g/mol. The average molecular weight is 463 g/mol. The normalized spacial score (nSPS) is 23.4. The molecule has 0 amide bonds. The Bertz CT molecular complexity index is 1110. The maximum atomic E-state index is 10.5. The van der Waals surface area contributed by atoms with E-state index in [9.17, 15) is 10.2 Å². The average Bonchev–Trinajstić information content (AvgIpc) is 3.32. The van der Waals surface area contributed by atoms with Crippen LogP contribution in [0.25, 0.3) is 11.2 Å². The Morgan fingerprint density at radius 3 is 2.84 bits per heavy atom. The van der Waals surface area contributed by atoms with Gasteiger partial charge in [0.25, 0.3) is 0 Å². The lowest BCUT2D eigenvalue weighted by molar-refractivity contribution is -0.0366. The molecular weight excluding hydrogens is 440 g/mol. The Hall–Kier alpha value is -2.97. The molecule has 4 heterocycles. The summed E-state index contributed by atoms with van der Waals surface area (Å²) in [6.07, 6.45) is 2.50. The Kier molecular flexibility index (Phi) is 6.72. The molecule has 1 aliphatic rings. The first-order valence-electron chi connectivity index (χ1n) is 9.89. The van der Waals surface area contributed by atoms with Gasteiger partial charge in [0, 0.05) is 6.21 Å². The lowest BCUT2D eigenvalue weighted by Gasteiger charge is -2.16. The first kappa shape index (κ1) is 22.2. The molecule has 6 N–H and O–H groups in total. The standard InChI is InChI=1S/C18H23ClN10O3/c1-2-22-16-10(14(19)24-6-26-16)23-5-21-4-3-9-12(30)13(31)18(32-9)29-8-28-11-15(20)25-7-27-17(11)29/h2,6-9,12-13,18,21,23,30-31H,3-5H2,1H3,(H2,20,25,27)/b22-2-. The number of hydrogen-bond acceptors (Lipinski definition) is 12. The third kappa shape index (κ3) is 4.33. The molecule has 0 spiro atoms. The van der Waals surface area contributed by atoms with E-state index in [-0.39, 0.29) is 11.0 Å². The summed E-state index contributed by atoms with van der Waals surface area (Å²) in [7, 11) is 0. The van der Waals surface area contributed by atoms with Crippen LogP contribution >= 0.6 is 11.6 Å². The number of imidazole rings is 1. The van der Waals surface area contributed by atoms with E-state index < -0.39 is 24.5 Å². The number of aromatic nitrogens is 6. The molecule has 4 atom stereocenters. The number of aliphatic imine (C=N–C) groups is 1. The number of aliphatic hydroxyl groups is 2. The Balaban J connectivity index is 1.33. The van der Waals surface area contributed by atoms with Gasteiger partial charge < -0.3 is 26.0 Å². The number of rotatable bonds is 8. The van der Waals surface area contributed by atoms with Gasteiger partial charge in [0.05, 0.1) is 19.1 Å². The Morgan fingerprint density at radius 2 is 2.03 bits per heavy atom. The summed E-state index contributed by atoms with van der Waals surface area (Å²) in [5, 5.41) is 27.5. The summed E-state index contributed by atoms with van der Waals surface area (Å²) >= 11 is 6.11. The van der Waals surface area contributed by atoms with Crippen molar-refractivity contribution >= 4 is 46.3 Å². The number of hydrogen-bond donors (Lipinski definition) is 5.